The monoisotopic (exact) mass is 1040 g/mol. The molecule has 396 valence electrons. The maximum Gasteiger partial charge on any atom is 0.343 e. The number of unbranched alkanes of at least 4 members (excludes halogenated alkanes) is 2. The summed E-state index contributed by atoms with van der Waals surface area (Å²) in [6, 6.07) is 9.76. The molecule has 2 aromatic carbocycles. The Balaban J connectivity index is 0.805. The summed E-state index contributed by atoms with van der Waals surface area (Å²) in [5.41, 5.74) is 1.57. The van der Waals surface area contributed by atoms with Crippen LogP contribution in [0.25, 0.3) is 28.4 Å². The Morgan fingerprint density at radius 1 is 0.960 bits per heavy atom. The van der Waals surface area contributed by atoms with E-state index in [2.05, 4.69) is 31.9 Å². The van der Waals surface area contributed by atoms with E-state index in [0.29, 0.717) is 63.9 Å². The summed E-state index contributed by atoms with van der Waals surface area (Å²) < 4.78 is 26.7. The summed E-state index contributed by atoms with van der Waals surface area (Å²) in [6.45, 7) is 1.05. The van der Waals surface area contributed by atoms with E-state index >= 15 is 4.39 Å². The van der Waals surface area contributed by atoms with Crippen LogP contribution in [0, 0.1) is 17.9 Å². The first-order chi connectivity index (χ1) is 35.9. The van der Waals surface area contributed by atoms with Crippen molar-refractivity contribution in [2.24, 2.45) is 0 Å². The minimum absolute atomic E-state index is 0.0420. The van der Waals surface area contributed by atoms with Crippen molar-refractivity contribution in [2.75, 3.05) is 46.1 Å². The number of aliphatic hydroxyl groups excluding tert-OH is 1. The Kier molecular flexibility index (Phi) is 16.4. The van der Waals surface area contributed by atoms with Crippen LogP contribution in [0.3, 0.4) is 0 Å². The number of carbonyl (C=O) groups is 7. The number of quaternary nitrogens is 1. The number of ether oxygens (including phenoxy) is 2. The number of hydroxylamine groups is 3. The van der Waals surface area contributed by atoms with E-state index in [1.54, 1.807) is 68.5 Å². The normalized spacial score (nSPS) is 19.6. The van der Waals surface area contributed by atoms with Gasteiger partial charge in [-0.15, -0.1) is 0 Å². The predicted molar refractivity (Wildman–Crippen MR) is 266 cm³/mol. The number of amides is 6. The Morgan fingerprint density at radius 3 is 2.44 bits per heavy atom. The van der Waals surface area contributed by atoms with Gasteiger partial charge in [-0.05, 0) is 67.0 Å². The lowest BCUT2D eigenvalue weighted by Gasteiger charge is -2.35. The molecule has 0 spiro atoms. The topological polar surface area (TPSA) is 309 Å². The Labute approximate surface area is 428 Å². The van der Waals surface area contributed by atoms with Crippen LogP contribution >= 0.6 is 0 Å². The quantitative estimate of drug-likeness (QED) is 0.0146. The molecule has 0 saturated heterocycles. The Hall–Kier alpha value is -7.54. The number of pyridine rings is 2. The van der Waals surface area contributed by atoms with Crippen LogP contribution in [0.4, 0.5) is 4.39 Å². The van der Waals surface area contributed by atoms with Crippen LogP contribution in [-0.2, 0) is 68.2 Å². The highest BCUT2D eigenvalue weighted by Crippen LogP contribution is 2.45. The van der Waals surface area contributed by atoms with Gasteiger partial charge in [0.25, 0.3) is 5.56 Å². The van der Waals surface area contributed by atoms with E-state index in [1.165, 1.54) is 16.7 Å². The van der Waals surface area contributed by atoms with Crippen molar-refractivity contribution in [3.05, 3.63) is 121 Å². The molecule has 4 aliphatic rings. The molecule has 8 rings (SSSR count). The first-order valence-corrected chi connectivity index (χ1v) is 24.6. The van der Waals surface area contributed by atoms with Gasteiger partial charge in [0.1, 0.15) is 38.0 Å². The fraction of sp³-hybridized carbons (Fsp3) is 0.404. The lowest BCUT2D eigenvalue weighted by Crippen LogP contribution is -2.52. The highest BCUT2D eigenvalue weighted by Gasteiger charge is 2.46. The van der Waals surface area contributed by atoms with Crippen LogP contribution in [-0.4, -0.2) is 124 Å². The predicted octanol–water partition coefficient (Wildman–Crippen LogP) is 0.641. The van der Waals surface area contributed by atoms with Gasteiger partial charge < -0.3 is 56.0 Å². The highest BCUT2D eigenvalue weighted by atomic mass is 19.1. The first kappa shape index (κ1) is 53.7. The number of esters is 1. The molecule has 0 saturated carbocycles. The second kappa shape index (κ2) is 22.9. The van der Waals surface area contributed by atoms with Crippen molar-refractivity contribution in [3.8, 4) is 11.4 Å². The van der Waals surface area contributed by atoms with E-state index in [-0.39, 0.29) is 75.5 Å². The van der Waals surface area contributed by atoms with Crippen molar-refractivity contribution in [3.63, 3.8) is 0 Å². The number of nitrogens with one attached hydrogen (secondary N) is 6. The van der Waals surface area contributed by atoms with Crippen LogP contribution in [0.15, 0.2) is 65.5 Å². The fourth-order valence-corrected chi connectivity index (χ4v) is 9.66. The van der Waals surface area contributed by atoms with Gasteiger partial charge in [0.15, 0.2) is 5.60 Å². The van der Waals surface area contributed by atoms with Crippen LogP contribution in [0.2, 0.25) is 0 Å². The van der Waals surface area contributed by atoms with Gasteiger partial charge in [-0.2, -0.15) is 0 Å². The molecule has 6 amide bonds. The molecule has 0 radical (unpaired) electrons. The molecule has 23 heteroatoms. The summed E-state index contributed by atoms with van der Waals surface area (Å²) in [7, 11) is 0. The average Bonchev–Trinajstić information content (AvgIpc) is 3.97. The number of rotatable bonds is 23. The summed E-state index contributed by atoms with van der Waals surface area (Å²) in [6.07, 6.45) is 6.49. The number of aliphatic hydroxyl groups is 2. The molecule has 8 N–H and O–H groups in total. The SMILES string of the molecule is CC[C@@]1(O)C(=O)OCc2c1cc1n(c2=O)Cc2c-1nc1cc(F)c(C)c3c1c2[C@@H](NC(O)COCNC(=O)CNC(=O)[C@H](Cc1ccccc1)NC(=O)CNC(=O)CNC(=O)CCCCC[N+]1([O-])CC=CC1=O)C=C3. The zero-order valence-corrected chi connectivity index (χ0v) is 41.3. The van der Waals surface area contributed by atoms with Gasteiger partial charge in [0, 0.05) is 41.5 Å². The molecule has 0 bridgehead atoms. The second-order valence-electron chi connectivity index (χ2n) is 18.8. The molecule has 22 nitrogen and oxygen atoms in total. The molecule has 5 heterocycles. The third-order valence-electron chi connectivity index (χ3n) is 13.8. The molecular weight excluding hydrogens is 978 g/mol. The number of carbonyl (C=O) groups excluding carboxylic acids is 7. The number of aromatic nitrogens is 2. The van der Waals surface area contributed by atoms with Crippen molar-refractivity contribution in [1.29, 1.82) is 0 Å². The molecule has 4 aromatic rings. The number of fused-ring (bicyclic) bond motifs is 5. The Bertz CT molecular complexity index is 3070. The Morgan fingerprint density at radius 2 is 1.69 bits per heavy atom. The summed E-state index contributed by atoms with van der Waals surface area (Å²) in [5, 5.41) is 51.0. The van der Waals surface area contributed by atoms with Gasteiger partial charge in [-0.1, -0.05) is 49.4 Å². The van der Waals surface area contributed by atoms with Crippen molar-refractivity contribution < 1.29 is 62.3 Å². The second-order valence-corrected chi connectivity index (χ2v) is 18.8. The number of halogens is 1. The van der Waals surface area contributed by atoms with E-state index in [1.807, 2.05) is 0 Å². The number of hydrogen-bond donors (Lipinski definition) is 8. The number of benzene rings is 2. The molecular formula is C52H58FN9O13. The lowest BCUT2D eigenvalue weighted by atomic mass is 9.85. The maximum atomic E-state index is 15.3. The zero-order valence-electron chi connectivity index (χ0n) is 41.3. The van der Waals surface area contributed by atoms with Gasteiger partial charge in [-0.3, -0.25) is 38.7 Å². The highest BCUT2D eigenvalue weighted by molar-refractivity contribution is 5.98. The number of nitrogens with zero attached hydrogens (tertiary/aromatic N) is 3. The zero-order chi connectivity index (χ0) is 53.6. The van der Waals surface area contributed by atoms with E-state index in [9.17, 15) is 53.8 Å². The van der Waals surface area contributed by atoms with Crippen molar-refractivity contribution in [2.45, 2.75) is 89.4 Å². The average molecular weight is 1040 g/mol. The van der Waals surface area contributed by atoms with Gasteiger partial charge >= 0.3 is 11.9 Å². The standard InChI is InChI=1S/C52H58FN9O13/c1-3-52(72)34-20-39-48-32(25-61(39)50(70)33(34)26-75-51(52)71)47-36(16-15-31-29(2)35(53)21-37(60-48)46(31)47)58-44(67)27-74-28-57-42(65)23-56-49(69)38(19-30-11-6-4-7-12-30)59-43(66)24-55-41(64)22-54-40(63)13-8-5-9-17-62(73)18-10-14-45(62)68/h4,6-7,10-12,14-16,20-21,36,38,44,58,67,72H,3,5,8-9,13,17-19,22-28H2,1-2H3,(H,54,63)(H,55,64)(H,56,69)(H,57,65)(H,59,66)/t36-,38-,44?,52-,62?/m0/s1. The number of cyclic esters (lactones) is 1. The van der Waals surface area contributed by atoms with Gasteiger partial charge in [-0.25, -0.2) is 19.0 Å². The van der Waals surface area contributed by atoms with E-state index in [4.69, 9.17) is 14.5 Å². The molecule has 3 aliphatic heterocycles. The third kappa shape index (κ3) is 11.7. The van der Waals surface area contributed by atoms with Gasteiger partial charge in [0.2, 0.25) is 29.5 Å². The van der Waals surface area contributed by atoms with E-state index < -0.39 is 101 Å². The van der Waals surface area contributed by atoms with Crippen LogP contribution in [0.1, 0.15) is 84.0 Å². The third-order valence-corrected chi connectivity index (χ3v) is 13.8. The molecule has 2 unspecified atom stereocenters. The van der Waals surface area contributed by atoms with E-state index in [0.717, 1.165) is 0 Å². The summed E-state index contributed by atoms with van der Waals surface area (Å²) in [4.78, 5) is 107. The number of hydrogen-bond acceptors (Lipinski definition) is 15. The first-order valence-electron chi connectivity index (χ1n) is 24.6. The van der Waals surface area contributed by atoms with Crippen LogP contribution in [0.5, 0.6) is 0 Å². The molecule has 2 aromatic heterocycles. The van der Waals surface area contributed by atoms with Crippen molar-refractivity contribution >= 4 is 58.4 Å². The molecule has 5 atom stereocenters. The summed E-state index contributed by atoms with van der Waals surface area (Å²) >= 11 is 0. The lowest BCUT2D eigenvalue weighted by molar-refractivity contribution is -0.792. The fourth-order valence-electron chi connectivity index (χ4n) is 9.66. The van der Waals surface area contributed by atoms with Crippen molar-refractivity contribution in [1.82, 2.24) is 41.5 Å². The largest absolute Gasteiger partial charge is 0.625 e. The minimum atomic E-state index is -2.05. The van der Waals surface area contributed by atoms with Crippen LogP contribution < -0.4 is 37.5 Å². The molecule has 75 heavy (non-hydrogen) atoms. The maximum absolute atomic E-state index is 15.3. The van der Waals surface area contributed by atoms with Gasteiger partial charge in [0.05, 0.1) is 67.8 Å². The smallest absolute Gasteiger partial charge is 0.343 e. The molecule has 1 aliphatic carbocycles. The minimum Gasteiger partial charge on any atom is -0.625 e. The molecule has 0 fully saturated rings. The summed E-state index contributed by atoms with van der Waals surface area (Å²) in [5.74, 6) is -4.99.